The molecule has 0 amide bonds. The van der Waals surface area contributed by atoms with Crippen LogP contribution in [0.4, 0.5) is 5.95 Å². The van der Waals surface area contributed by atoms with Crippen molar-refractivity contribution in [1.82, 2.24) is 24.5 Å². The van der Waals surface area contributed by atoms with Crippen LogP contribution in [-0.4, -0.2) is 92.8 Å². The molecule has 0 aromatic carbocycles. The maximum atomic E-state index is 11.4. The largest absolute Gasteiger partial charge is 0.338 e. The van der Waals surface area contributed by atoms with Gasteiger partial charge >= 0.3 is 0 Å². The van der Waals surface area contributed by atoms with Crippen molar-refractivity contribution in [3.8, 4) is 0 Å². The second-order valence-electron chi connectivity index (χ2n) is 8.15. The minimum absolute atomic E-state index is 0.363. The summed E-state index contributed by atoms with van der Waals surface area (Å²) in [6, 6.07) is 2.22. The van der Waals surface area contributed by atoms with Crippen molar-refractivity contribution in [1.29, 1.82) is 0 Å². The maximum Gasteiger partial charge on any atom is 0.225 e. The number of aromatic nitrogens is 2. The van der Waals surface area contributed by atoms with Gasteiger partial charge in [-0.3, -0.25) is 9.80 Å². The molecule has 5 heterocycles. The standard InChI is InChI=1S/C18H30N6O2S/c1-27(25,26)21-12-17-11-15-3-6-24(17)14-16(15)13-22-7-9-23(10-8-22)18-19-4-2-5-20-18/h2,4-5,15-17,21H,3,6-14H2,1H3/t15-,16-,17+/m0/s1. The zero-order chi connectivity index (χ0) is 18.9. The third-order valence-electron chi connectivity index (χ3n) is 6.30. The average molecular weight is 395 g/mol. The van der Waals surface area contributed by atoms with Crippen LogP contribution in [0.3, 0.4) is 0 Å². The van der Waals surface area contributed by atoms with E-state index in [1.807, 2.05) is 6.07 Å². The molecule has 1 aromatic heterocycles. The lowest BCUT2D eigenvalue weighted by Crippen LogP contribution is -2.59. The number of piperidine rings is 3. The number of sulfonamides is 1. The Labute approximate surface area is 162 Å². The van der Waals surface area contributed by atoms with Crippen molar-refractivity contribution < 1.29 is 8.42 Å². The fraction of sp³-hybridized carbons (Fsp3) is 0.778. The fourth-order valence-electron chi connectivity index (χ4n) is 4.83. The number of hydrogen-bond donors (Lipinski definition) is 1. The molecule has 4 aliphatic heterocycles. The molecule has 5 rings (SSSR count). The van der Waals surface area contributed by atoms with Crippen LogP contribution in [0.15, 0.2) is 18.5 Å². The van der Waals surface area contributed by atoms with Crippen molar-refractivity contribution >= 4 is 16.0 Å². The van der Waals surface area contributed by atoms with Crippen LogP contribution in [0.2, 0.25) is 0 Å². The van der Waals surface area contributed by atoms with Gasteiger partial charge in [-0.05, 0) is 37.3 Å². The van der Waals surface area contributed by atoms with Gasteiger partial charge < -0.3 is 4.90 Å². The lowest BCUT2D eigenvalue weighted by molar-refractivity contribution is -0.0108. The van der Waals surface area contributed by atoms with Gasteiger partial charge in [0.05, 0.1) is 6.26 Å². The number of hydrogen-bond acceptors (Lipinski definition) is 7. The first-order valence-corrected chi connectivity index (χ1v) is 11.8. The Morgan fingerprint density at radius 2 is 1.89 bits per heavy atom. The Morgan fingerprint density at radius 1 is 1.15 bits per heavy atom. The van der Waals surface area contributed by atoms with Gasteiger partial charge in [0, 0.05) is 64.2 Å². The van der Waals surface area contributed by atoms with Crippen LogP contribution < -0.4 is 9.62 Å². The molecule has 4 fully saturated rings. The minimum Gasteiger partial charge on any atom is -0.338 e. The zero-order valence-corrected chi connectivity index (χ0v) is 16.8. The van der Waals surface area contributed by atoms with E-state index in [9.17, 15) is 8.42 Å². The molecule has 1 aromatic rings. The summed E-state index contributed by atoms with van der Waals surface area (Å²) in [5, 5.41) is 0. The molecule has 4 saturated heterocycles. The van der Waals surface area contributed by atoms with Gasteiger partial charge in [-0.1, -0.05) is 0 Å². The predicted molar refractivity (Wildman–Crippen MR) is 105 cm³/mol. The van der Waals surface area contributed by atoms with E-state index in [0.29, 0.717) is 18.5 Å². The van der Waals surface area contributed by atoms with Gasteiger partial charge in [-0.15, -0.1) is 0 Å². The first-order chi connectivity index (χ1) is 13.0. The first kappa shape index (κ1) is 19.0. The SMILES string of the molecule is CS(=O)(=O)NC[C@H]1C[C@@H]2CCN1C[C@@H]2CN1CCN(c2ncccn2)CC1. The van der Waals surface area contributed by atoms with E-state index in [1.165, 1.54) is 12.7 Å². The summed E-state index contributed by atoms with van der Waals surface area (Å²) in [7, 11) is -3.10. The second-order valence-corrected chi connectivity index (χ2v) is 9.98. The third-order valence-corrected chi connectivity index (χ3v) is 6.99. The molecule has 0 aliphatic carbocycles. The van der Waals surface area contributed by atoms with Gasteiger partial charge in [0.2, 0.25) is 16.0 Å². The van der Waals surface area contributed by atoms with Crippen LogP contribution in [0, 0.1) is 11.8 Å². The summed E-state index contributed by atoms with van der Waals surface area (Å²) >= 11 is 0. The van der Waals surface area contributed by atoms with E-state index in [4.69, 9.17) is 0 Å². The van der Waals surface area contributed by atoms with Crippen LogP contribution in [-0.2, 0) is 10.0 Å². The average Bonchev–Trinajstić information content (AvgIpc) is 2.68. The van der Waals surface area contributed by atoms with Crippen molar-refractivity contribution in [2.75, 3.05) is 63.5 Å². The normalized spacial score (nSPS) is 32.0. The summed E-state index contributed by atoms with van der Waals surface area (Å²) in [6.45, 7) is 7.98. The van der Waals surface area contributed by atoms with Gasteiger partial charge in [0.15, 0.2) is 0 Å². The zero-order valence-electron chi connectivity index (χ0n) is 16.0. The Kier molecular flexibility index (Phi) is 5.63. The molecule has 4 aliphatic rings. The first-order valence-electron chi connectivity index (χ1n) is 9.91. The predicted octanol–water partition coefficient (Wildman–Crippen LogP) is -0.142. The molecule has 4 atom stereocenters. The van der Waals surface area contributed by atoms with E-state index in [2.05, 4.69) is 29.4 Å². The number of nitrogens with zero attached hydrogens (tertiary/aromatic N) is 5. The van der Waals surface area contributed by atoms with Crippen LogP contribution in [0.1, 0.15) is 12.8 Å². The lowest BCUT2D eigenvalue weighted by atomic mass is 9.75. The highest BCUT2D eigenvalue weighted by Gasteiger charge is 2.40. The third kappa shape index (κ3) is 4.77. The number of piperazine rings is 1. The van der Waals surface area contributed by atoms with Crippen LogP contribution in [0.25, 0.3) is 0 Å². The highest BCUT2D eigenvalue weighted by atomic mass is 32.2. The summed E-state index contributed by atoms with van der Waals surface area (Å²) < 4.78 is 25.5. The highest BCUT2D eigenvalue weighted by Crippen LogP contribution is 2.36. The highest BCUT2D eigenvalue weighted by molar-refractivity contribution is 7.88. The quantitative estimate of drug-likeness (QED) is 0.719. The molecular weight excluding hydrogens is 364 g/mol. The Bertz CT molecular complexity index is 723. The van der Waals surface area contributed by atoms with E-state index < -0.39 is 10.0 Å². The van der Waals surface area contributed by atoms with Crippen molar-refractivity contribution in [2.24, 2.45) is 11.8 Å². The summed E-state index contributed by atoms with van der Waals surface area (Å²) in [5.74, 6) is 2.26. The number of anilines is 1. The Hall–Kier alpha value is -1.29. The molecule has 9 heteroatoms. The summed E-state index contributed by atoms with van der Waals surface area (Å²) in [6.07, 6.45) is 7.21. The molecule has 1 unspecified atom stereocenters. The van der Waals surface area contributed by atoms with Gasteiger partial charge in [-0.25, -0.2) is 23.1 Å². The molecule has 0 spiro atoms. The molecule has 150 valence electrons. The number of fused-ring (bicyclic) bond motifs is 3. The molecule has 1 N–H and O–H groups in total. The van der Waals surface area contributed by atoms with Crippen LogP contribution >= 0.6 is 0 Å². The summed E-state index contributed by atoms with van der Waals surface area (Å²) in [5.41, 5.74) is 0. The van der Waals surface area contributed by atoms with Crippen LogP contribution in [0.5, 0.6) is 0 Å². The maximum absolute atomic E-state index is 11.4. The Balaban J connectivity index is 1.26. The van der Waals surface area contributed by atoms with E-state index in [0.717, 1.165) is 64.1 Å². The molecule has 8 nitrogen and oxygen atoms in total. The molecule has 2 bridgehead atoms. The van der Waals surface area contributed by atoms with Crippen molar-refractivity contribution in [3.05, 3.63) is 18.5 Å². The fourth-order valence-corrected chi connectivity index (χ4v) is 5.33. The van der Waals surface area contributed by atoms with E-state index >= 15 is 0 Å². The van der Waals surface area contributed by atoms with E-state index in [-0.39, 0.29) is 0 Å². The van der Waals surface area contributed by atoms with Gasteiger partial charge in [0.25, 0.3) is 0 Å². The molecule has 0 saturated carbocycles. The summed E-state index contributed by atoms with van der Waals surface area (Å²) in [4.78, 5) is 16.1. The van der Waals surface area contributed by atoms with Gasteiger partial charge in [-0.2, -0.15) is 0 Å². The molecular formula is C18H30N6O2S. The molecule has 0 radical (unpaired) electrons. The minimum atomic E-state index is -3.10. The van der Waals surface area contributed by atoms with Crippen molar-refractivity contribution in [3.63, 3.8) is 0 Å². The van der Waals surface area contributed by atoms with Crippen molar-refractivity contribution in [2.45, 2.75) is 18.9 Å². The number of nitrogens with one attached hydrogen (secondary N) is 1. The smallest absolute Gasteiger partial charge is 0.225 e. The number of rotatable bonds is 6. The Morgan fingerprint density at radius 3 is 2.52 bits per heavy atom. The van der Waals surface area contributed by atoms with E-state index in [1.54, 1.807) is 12.4 Å². The second kappa shape index (κ2) is 7.98. The topological polar surface area (TPSA) is 81.7 Å². The van der Waals surface area contributed by atoms with Gasteiger partial charge in [0.1, 0.15) is 0 Å². The lowest BCUT2D eigenvalue weighted by Gasteiger charge is -2.51. The molecule has 27 heavy (non-hydrogen) atoms. The monoisotopic (exact) mass is 394 g/mol.